The maximum Gasteiger partial charge on any atom is 0.0704 e. The lowest BCUT2D eigenvalue weighted by atomic mass is 9.79. The van der Waals surface area contributed by atoms with E-state index in [2.05, 4.69) is 26.1 Å². The third-order valence-electron chi connectivity index (χ3n) is 4.55. The first-order valence-electron chi connectivity index (χ1n) is 7.04. The van der Waals surface area contributed by atoms with Crippen LogP contribution in [0.5, 0.6) is 0 Å². The molecule has 94 valence electrons. The maximum absolute atomic E-state index is 5.84. The summed E-state index contributed by atoms with van der Waals surface area (Å²) >= 11 is 0. The lowest BCUT2D eigenvalue weighted by Crippen LogP contribution is -2.40. The van der Waals surface area contributed by atoms with Gasteiger partial charge in [0.2, 0.25) is 0 Å². The summed E-state index contributed by atoms with van der Waals surface area (Å²) in [5.41, 5.74) is 0. The van der Waals surface area contributed by atoms with Gasteiger partial charge in [0.05, 0.1) is 12.2 Å². The molecule has 1 heterocycles. The van der Waals surface area contributed by atoms with E-state index >= 15 is 0 Å². The van der Waals surface area contributed by atoms with Gasteiger partial charge < -0.3 is 10.1 Å². The summed E-state index contributed by atoms with van der Waals surface area (Å²) < 4.78 is 5.84. The molecule has 2 fully saturated rings. The van der Waals surface area contributed by atoms with Crippen LogP contribution < -0.4 is 5.32 Å². The maximum atomic E-state index is 5.84. The molecule has 0 spiro atoms. The van der Waals surface area contributed by atoms with E-state index in [-0.39, 0.29) is 0 Å². The van der Waals surface area contributed by atoms with Crippen LogP contribution in [0, 0.1) is 11.8 Å². The predicted molar refractivity (Wildman–Crippen MR) is 67.5 cm³/mol. The Morgan fingerprint density at radius 2 is 1.81 bits per heavy atom. The second-order valence-electron chi connectivity index (χ2n) is 6.02. The van der Waals surface area contributed by atoms with Gasteiger partial charge >= 0.3 is 0 Å². The first kappa shape index (κ1) is 12.4. The molecule has 5 unspecified atom stereocenters. The zero-order chi connectivity index (χ0) is 11.5. The fourth-order valence-corrected chi connectivity index (χ4v) is 3.07. The van der Waals surface area contributed by atoms with Gasteiger partial charge in [-0.3, -0.25) is 0 Å². The van der Waals surface area contributed by atoms with Crippen LogP contribution in [0.25, 0.3) is 0 Å². The molecule has 1 saturated carbocycles. The van der Waals surface area contributed by atoms with Gasteiger partial charge in [0.1, 0.15) is 0 Å². The highest BCUT2D eigenvalue weighted by Crippen LogP contribution is 2.29. The predicted octanol–water partition coefficient (Wildman–Crippen LogP) is 2.97. The van der Waals surface area contributed by atoms with Crippen LogP contribution in [0.2, 0.25) is 0 Å². The summed E-state index contributed by atoms with van der Waals surface area (Å²) in [6.07, 6.45) is 7.54. The highest BCUT2D eigenvalue weighted by atomic mass is 16.5. The van der Waals surface area contributed by atoms with E-state index in [4.69, 9.17) is 4.74 Å². The molecule has 2 rings (SSSR count). The summed E-state index contributed by atoms with van der Waals surface area (Å²) in [5, 5.41) is 3.71. The van der Waals surface area contributed by atoms with Crippen molar-refractivity contribution >= 4 is 0 Å². The van der Waals surface area contributed by atoms with Gasteiger partial charge in [0.25, 0.3) is 0 Å². The van der Waals surface area contributed by atoms with Crippen LogP contribution in [-0.2, 0) is 4.74 Å². The van der Waals surface area contributed by atoms with E-state index in [1.807, 2.05) is 0 Å². The molecule has 2 aliphatic rings. The van der Waals surface area contributed by atoms with Crippen LogP contribution in [0.4, 0.5) is 0 Å². The minimum atomic E-state index is 0.477. The smallest absolute Gasteiger partial charge is 0.0704 e. The van der Waals surface area contributed by atoms with Crippen LogP contribution in [-0.4, -0.2) is 24.8 Å². The van der Waals surface area contributed by atoms with Crippen molar-refractivity contribution in [3.63, 3.8) is 0 Å². The van der Waals surface area contributed by atoms with E-state index < -0.39 is 0 Å². The monoisotopic (exact) mass is 225 g/mol. The Hall–Kier alpha value is -0.0800. The van der Waals surface area contributed by atoms with E-state index in [0.717, 1.165) is 24.4 Å². The van der Waals surface area contributed by atoms with Gasteiger partial charge in [-0.15, -0.1) is 0 Å². The Labute approximate surface area is 100 Å². The summed E-state index contributed by atoms with van der Waals surface area (Å²) in [7, 11) is 0. The van der Waals surface area contributed by atoms with Crippen LogP contribution in [0.1, 0.15) is 52.9 Å². The van der Waals surface area contributed by atoms with E-state index in [1.165, 1.54) is 32.1 Å². The Morgan fingerprint density at radius 3 is 2.44 bits per heavy atom. The molecular formula is C14H27NO. The summed E-state index contributed by atoms with van der Waals surface area (Å²) in [5.74, 6) is 1.80. The van der Waals surface area contributed by atoms with E-state index in [9.17, 15) is 0 Å². The molecule has 1 aliphatic carbocycles. The fourth-order valence-electron chi connectivity index (χ4n) is 3.07. The Bertz CT molecular complexity index is 219. The molecule has 16 heavy (non-hydrogen) atoms. The van der Waals surface area contributed by atoms with Crippen LogP contribution in [0.3, 0.4) is 0 Å². The largest absolute Gasteiger partial charge is 0.374 e. The first-order valence-corrected chi connectivity index (χ1v) is 7.04. The minimum Gasteiger partial charge on any atom is -0.374 e. The zero-order valence-electron chi connectivity index (χ0n) is 11.0. The van der Waals surface area contributed by atoms with Crippen molar-refractivity contribution in [2.75, 3.05) is 6.54 Å². The Kier molecular flexibility index (Phi) is 4.26. The lowest BCUT2D eigenvalue weighted by molar-refractivity contribution is 0.0521. The van der Waals surface area contributed by atoms with Crippen molar-refractivity contribution in [1.82, 2.24) is 5.32 Å². The number of nitrogens with one attached hydrogen (secondary N) is 1. The van der Waals surface area contributed by atoms with E-state index in [0.29, 0.717) is 12.2 Å². The highest BCUT2D eigenvalue weighted by Gasteiger charge is 2.26. The number of rotatable bonds is 3. The second kappa shape index (κ2) is 5.50. The number of hydrogen-bond donors (Lipinski definition) is 1. The van der Waals surface area contributed by atoms with Crippen molar-refractivity contribution in [1.29, 1.82) is 0 Å². The molecule has 2 heteroatoms. The van der Waals surface area contributed by atoms with Gasteiger partial charge in [-0.2, -0.15) is 0 Å². The highest BCUT2D eigenvalue weighted by molar-refractivity contribution is 4.81. The molecule has 0 amide bonds. The molecule has 0 aromatic rings. The molecular weight excluding hydrogens is 198 g/mol. The molecule has 0 aromatic heterocycles. The molecule has 0 radical (unpaired) electrons. The Balaban J connectivity index is 1.66. The molecule has 1 saturated heterocycles. The third-order valence-corrected chi connectivity index (χ3v) is 4.55. The molecule has 2 nitrogen and oxygen atoms in total. The summed E-state index contributed by atoms with van der Waals surface area (Å²) in [4.78, 5) is 0. The third kappa shape index (κ3) is 3.21. The van der Waals surface area contributed by atoms with Crippen molar-refractivity contribution in [3.8, 4) is 0 Å². The van der Waals surface area contributed by atoms with Crippen molar-refractivity contribution < 1.29 is 4.74 Å². The zero-order valence-corrected chi connectivity index (χ0v) is 11.0. The topological polar surface area (TPSA) is 21.3 Å². The van der Waals surface area contributed by atoms with Gasteiger partial charge in [0.15, 0.2) is 0 Å². The average molecular weight is 225 g/mol. The molecule has 1 N–H and O–H groups in total. The summed E-state index contributed by atoms with van der Waals surface area (Å²) in [6.45, 7) is 8.04. The molecule has 0 aromatic carbocycles. The van der Waals surface area contributed by atoms with Gasteiger partial charge in [-0.05, 0) is 50.9 Å². The SMILES string of the molecule is CC1CCC(CNC2CCC(C)C(C)C2)O1. The fraction of sp³-hybridized carbons (Fsp3) is 1.00. The Morgan fingerprint density at radius 1 is 1.00 bits per heavy atom. The first-order chi connectivity index (χ1) is 7.65. The second-order valence-corrected chi connectivity index (χ2v) is 6.02. The van der Waals surface area contributed by atoms with Gasteiger partial charge in [0, 0.05) is 12.6 Å². The standard InChI is InChI=1S/C14H27NO/c1-10-4-6-13(8-11(10)2)15-9-14-7-5-12(3)16-14/h10-15H,4-9H2,1-3H3. The average Bonchev–Trinajstić information content (AvgIpc) is 2.66. The van der Waals surface area contributed by atoms with Crippen LogP contribution >= 0.6 is 0 Å². The molecule has 1 aliphatic heterocycles. The van der Waals surface area contributed by atoms with Crippen molar-refractivity contribution in [2.24, 2.45) is 11.8 Å². The minimum absolute atomic E-state index is 0.477. The quantitative estimate of drug-likeness (QED) is 0.797. The normalized spacial score (nSPS) is 44.8. The number of hydrogen-bond acceptors (Lipinski definition) is 2. The van der Waals surface area contributed by atoms with Crippen LogP contribution in [0.15, 0.2) is 0 Å². The van der Waals surface area contributed by atoms with E-state index in [1.54, 1.807) is 0 Å². The van der Waals surface area contributed by atoms with Crippen molar-refractivity contribution in [2.45, 2.75) is 71.1 Å². The molecule has 5 atom stereocenters. The lowest BCUT2D eigenvalue weighted by Gasteiger charge is -2.33. The number of ether oxygens (including phenoxy) is 1. The van der Waals surface area contributed by atoms with Gasteiger partial charge in [-0.25, -0.2) is 0 Å². The van der Waals surface area contributed by atoms with Gasteiger partial charge in [-0.1, -0.05) is 13.8 Å². The molecule has 0 bridgehead atoms. The van der Waals surface area contributed by atoms with Crippen molar-refractivity contribution in [3.05, 3.63) is 0 Å². The summed E-state index contributed by atoms with van der Waals surface area (Å²) in [6, 6.07) is 0.741.